The molecule has 1 aliphatic heterocycles. The molecule has 1 unspecified atom stereocenters. The van der Waals surface area contributed by atoms with Crippen LogP contribution < -0.4 is 10.6 Å². The van der Waals surface area contributed by atoms with Crippen molar-refractivity contribution in [2.45, 2.75) is 57.5 Å². The summed E-state index contributed by atoms with van der Waals surface area (Å²) in [4.78, 5) is 12.1. The van der Waals surface area contributed by atoms with Crippen LogP contribution in [0.4, 0.5) is 0 Å². The Bertz CT molecular complexity index is 470. The summed E-state index contributed by atoms with van der Waals surface area (Å²) in [5.74, 6) is 0.0417. The lowest BCUT2D eigenvalue weighted by Crippen LogP contribution is -2.40. The molecule has 2 rings (SSSR count). The van der Waals surface area contributed by atoms with E-state index < -0.39 is 0 Å². The molecule has 1 aromatic carbocycles. The van der Waals surface area contributed by atoms with Gasteiger partial charge in [-0.15, -0.1) is 0 Å². The molecule has 122 valence electrons. The molecule has 0 aromatic heterocycles. The molecule has 2 atom stereocenters. The fourth-order valence-electron chi connectivity index (χ4n) is 3.04. The molecular formula is C18H28N2O2. The number of carbonyl (C=O) groups excluding carboxylic acids is 1. The quantitative estimate of drug-likeness (QED) is 0.721. The average molecular weight is 304 g/mol. The smallest absolute Gasteiger partial charge is 0.220 e. The summed E-state index contributed by atoms with van der Waals surface area (Å²) in [5.41, 5.74) is 2.37. The highest BCUT2D eigenvalue weighted by Gasteiger charge is 2.16. The molecule has 1 amide bonds. The van der Waals surface area contributed by atoms with Crippen LogP contribution in [-0.4, -0.2) is 36.2 Å². The highest BCUT2D eigenvalue weighted by Crippen LogP contribution is 2.12. The molecular weight excluding hydrogens is 276 g/mol. The first kappa shape index (κ1) is 17.0. The van der Waals surface area contributed by atoms with Crippen LogP contribution in [0.15, 0.2) is 24.3 Å². The Morgan fingerprint density at radius 1 is 1.41 bits per heavy atom. The molecule has 3 N–H and O–H groups in total. The molecule has 1 saturated heterocycles. The maximum absolute atomic E-state index is 12.1. The highest BCUT2D eigenvalue weighted by atomic mass is 16.3. The molecule has 1 heterocycles. The zero-order valence-electron chi connectivity index (χ0n) is 13.5. The lowest BCUT2D eigenvalue weighted by atomic mass is 9.99. The van der Waals surface area contributed by atoms with Gasteiger partial charge in [-0.3, -0.25) is 4.79 Å². The Kier molecular flexibility index (Phi) is 6.87. The summed E-state index contributed by atoms with van der Waals surface area (Å²) in [7, 11) is 0. The van der Waals surface area contributed by atoms with Crippen LogP contribution in [0.3, 0.4) is 0 Å². The number of hydrogen-bond donors (Lipinski definition) is 3. The van der Waals surface area contributed by atoms with Crippen LogP contribution in [0, 0.1) is 6.92 Å². The van der Waals surface area contributed by atoms with Crippen molar-refractivity contribution < 1.29 is 9.90 Å². The topological polar surface area (TPSA) is 61.4 Å². The van der Waals surface area contributed by atoms with Gasteiger partial charge in [0.15, 0.2) is 0 Å². The van der Waals surface area contributed by atoms with Gasteiger partial charge in [-0.2, -0.15) is 0 Å². The van der Waals surface area contributed by atoms with Gasteiger partial charge in [0.2, 0.25) is 5.91 Å². The van der Waals surface area contributed by atoms with Crippen LogP contribution in [0.2, 0.25) is 0 Å². The third-order valence-corrected chi connectivity index (χ3v) is 4.45. The van der Waals surface area contributed by atoms with Gasteiger partial charge in [-0.05, 0) is 50.3 Å². The van der Waals surface area contributed by atoms with Crippen molar-refractivity contribution in [2.75, 3.05) is 13.2 Å². The van der Waals surface area contributed by atoms with Crippen molar-refractivity contribution >= 4 is 5.91 Å². The second kappa shape index (κ2) is 8.91. The molecule has 4 nitrogen and oxygen atoms in total. The zero-order valence-corrected chi connectivity index (χ0v) is 13.5. The van der Waals surface area contributed by atoms with Gasteiger partial charge < -0.3 is 15.7 Å². The van der Waals surface area contributed by atoms with Crippen LogP contribution in [0.25, 0.3) is 0 Å². The van der Waals surface area contributed by atoms with E-state index >= 15 is 0 Å². The molecule has 22 heavy (non-hydrogen) atoms. The first-order valence-electron chi connectivity index (χ1n) is 8.37. The standard InChI is InChI=1S/C18H28N2O2/c1-14-6-2-3-7-15(14)12-17(13-21)20-18(22)10-9-16-8-4-5-11-19-16/h2-3,6-7,16-17,19,21H,4-5,8-13H2,1H3,(H,20,22)/t16-,17?/m0/s1. The van der Waals surface area contributed by atoms with E-state index in [2.05, 4.69) is 29.7 Å². The van der Waals surface area contributed by atoms with E-state index in [9.17, 15) is 9.90 Å². The van der Waals surface area contributed by atoms with E-state index in [4.69, 9.17) is 0 Å². The monoisotopic (exact) mass is 304 g/mol. The fraction of sp³-hybridized carbons (Fsp3) is 0.611. The van der Waals surface area contributed by atoms with Crippen LogP contribution in [-0.2, 0) is 11.2 Å². The van der Waals surface area contributed by atoms with Crippen LogP contribution >= 0.6 is 0 Å². The van der Waals surface area contributed by atoms with E-state index in [1.165, 1.54) is 30.4 Å². The average Bonchev–Trinajstić information content (AvgIpc) is 2.55. The second-order valence-corrected chi connectivity index (χ2v) is 6.26. The maximum atomic E-state index is 12.1. The van der Waals surface area contributed by atoms with Gasteiger partial charge in [0, 0.05) is 12.5 Å². The predicted molar refractivity (Wildman–Crippen MR) is 88.8 cm³/mol. The van der Waals surface area contributed by atoms with Gasteiger partial charge in [0.05, 0.1) is 12.6 Å². The van der Waals surface area contributed by atoms with E-state index in [0.717, 1.165) is 13.0 Å². The minimum Gasteiger partial charge on any atom is -0.394 e. The molecule has 0 radical (unpaired) electrons. The number of aliphatic hydroxyl groups excluding tert-OH is 1. The molecule has 1 fully saturated rings. The largest absolute Gasteiger partial charge is 0.394 e. The Morgan fingerprint density at radius 2 is 2.23 bits per heavy atom. The molecule has 0 spiro atoms. The summed E-state index contributed by atoms with van der Waals surface area (Å²) in [5, 5.41) is 15.9. The Labute approximate surface area is 133 Å². The molecule has 4 heteroatoms. The summed E-state index contributed by atoms with van der Waals surface area (Å²) in [6.07, 6.45) is 5.75. The van der Waals surface area contributed by atoms with Crippen molar-refractivity contribution in [3.05, 3.63) is 35.4 Å². The van der Waals surface area contributed by atoms with E-state index in [1.807, 2.05) is 12.1 Å². The molecule has 0 aliphatic carbocycles. The Balaban J connectivity index is 1.76. The highest BCUT2D eigenvalue weighted by molar-refractivity contribution is 5.76. The van der Waals surface area contributed by atoms with Gasteiger partial charge in [-0.25, -0.2) is 0 Å². The number of amides is 1. The van der Waals surface area contributed by atoms with Gasteiger partial charge in [-0.1, -0.05) is 30.7 Å². The van der Waals surface area contributed by atoms with Crippen LogP contribution in [0.5, 0.6) is 0 Å². The first-order valence-corrected chi connectivity index (χ1v) is 8.37. The SMILES string of the molecule is Cc1ccccc1CC(CO)NC(=O)CC[C@@H]1CCCCN1. The maximum Gasteiger partial charge on any atom is 0.220 e. The minimum absolute atomic E-state index is 0.0260. The Hall–Kier alpha value is -1.39. The van der Waals surface area contributed by atoms with Crippen molar-refractivity contribution in [2.24, 2.45) is 0 Å². The number of rotatable bonds is 7. The van der Waals surface area contributed by atoms with E-state index in [1.54, 1.807) is 0 Å². The third-order valence-electron chi connectivity index (χ3n) is 4.45. The summed E-state index contributed by atoms with van der Waals surface area (Å²) < 4.78 is 0. The summed E-state index contributed by atoms with van der Waals surface area (Å²) in [6, 6.07) is 8.38. The number of carbonyl (C=O) groups is 1. The van der Waals surface area contributed by atoms with Gasteiger partial charge in [0.25, 0.3) is 0 Å². The number of piperidine rings is 1. The van der Waals surface area contributed by atoms with Crippen LogP contribution in [0.1, 0.15) is 43.2 Å². The number of benzene rings is 1. The van der Waals surface area contributed by atoms with Crippen molar-refractivity contribution in [3.63, 3.8) is 0 Å². The lowest BCUT2D eigenvalue weighted by Gasteiger charge is -2.23. The molecule has 0 saturated carbocycles. The normalized spacial score (nSPS) is 19.6. The van der Waals surface area contributed by atoms with Crippen molar-refractivity contribution in [1.82, 2.24) is 10.6 Å². The number of aliphatic hydroxyl groups is 1. The predicted octanol–water partition coefficient (Wildman–Crippen LogP) is 1.94. The Morgan fingerprint density at radius 3 is 2.91 bits per heavy atom. The zero-order chi connectivity index (χ0) is 15.8. The molecule has 1 aromatic rings. The fourth-order valence-corrected chi connectivity index (χ4v) is 3.04. The summed E-state index contributed by atoms with van der Waals surface area (Å²) in [6.45, 7) is 3.10. The second-order valence-electron chi connectivity index (χ2n) is 6.26. The molecule has 1 aliphatic rings. The summed E-state index contributed by atoms with van der Waals surface area (Å²) >= 11 is 0. The number of hydrogen-bond acceptors (Lipinski definition) is 3. The van der Waals surface area contributed by atoms with Crippen molar-refractivity contribution in [1.29, 1.82) is 0 Å². The number of aryl methyl sites for hydroxylation is 1. The van der Waals surface area contributed by atoms with E-state index in [0.29, 0.717) is 18.9 Å². The number of nitrogens with one attached hydrogen (secondary N) is 2. The minimum atomic E-state index is -0.201. The van der Waals surface area contributed by atoms with Crippen molar-refractivity contribution in [3.8, 4) is 0 Å². The first-order chi connectivity index (χ1) is 10.7. The van der Waals surface area contributed by atoms with E-state index in [-0.39, 0.29) is 18.6 Å². The third kappa shape index (κ3) is 5.43. The van der Waals surface area contributed by atoms with Gasteiger partial charge >= 0.3 is 0 Å². The van der Waals surface area contributed by atoms with Gasteiger partial charge in [0.1, 0.15) is 0 Å². The lowest BCUT2D eigenvalue weighted by molar-refractivity contribution is -0.122. The molecule has 0 bridgehead atoms.